The fraction of sp³-hybridized carbons (Fsp3) is 0.0833. The van der Waals surface area contributed by atoms with Crippen LogP contribution in [-0.2, 0) is 6.54 Å². The van der Waals surface area contributed by atoms with Crippen LogP contribution in [0.15, 0.2) is 84.9 Å². The Bertz CT molecular complexity index is 1150. The molecule has 5 heteroatoms. The highest BCUT2D eigenvalue weighted by atomic mass is 35.5. The summed E-state index contributed by atoms with van der Waals surface area (Å²) in [6.07, 6.45) is 0. The molecule has 0 radical (unpaired) electrons. The van der Waals surface area contributed by atoms with Crippen LogP contribution in [-0.4, -0.2) is 21.0 Å². The van der Waals surface area contributed by atoms with Gasteiger partial charge in [-0.15, -0.1) is 0 Å². The van der Waals surface area contributed by atoms with Crippen molar-refractivity contribution in [3.05, 3.63) is 112 Å². The fourth-order valence-corrected chi connectivity index (χ4v) is 4.07. The zero-order valence-electron chi connectivity index (χ0n) is 15.5. The van der Waals surface area contributed by atoms with E-state index in [0.29, 0.717) is 17.3 Å². The highest BCUT2D eigenvalue weighted by molar-refractivity contribution is 6.30. The Morgan fingerprint density at radius 1 is 0.897 bits per heavy atom. The molecular weight excluding hydrogens is 382 g/mol. The molecular formula is C24H18ClN3O. The lowest BCUT2D eigenvalue weighted by molar-refractivity contribution is 0.0730. The Morgan fingerprint density at radius 2 is 1.55 bits per heavy atom. The van der Waals surface area contributed by atoms with E-state index in [9.17, 15) is 4.79 Å². The van der Waals surface area contributed by atoms with Crippen molar-refractivity contribution < 1.29 is 4.79 Å². The minimum absolute atomic E-state index is 0.0431. The summed E-state index contributed by atoms with van der Waals surface area (Å²) >= 11 is 6.03. The molecule has 1 atom stereocenters. The Balaban J connectivity index is 1.63. The average Bonchev–Trinajstić information content (AvgIpc) is 3.30. The molecule has 4 aromatic rings. The van der Waals surface area contributed by atoms with Gasteiger partial charge in [0.25, 0.3) is 5.91 Å². The number of nitrogens with one attached hydrogen (secondary N) is 1. The minimum Gasteiger partial charge on any atom is -0.322 e. The van der Waals surface area contributed by atoms with E-state index in [0.717, 1.165) is 27.9 Å². The average molecular weight is 400 g/mol. The Hall–Kier alpha value is -3.37. The maximum atomic E-state index is 13.3. The third-order valence-corrected chi connectivity index (χ3v) is 5.54. The molecule has 1 aliphatic heterocycles. The van der Waals surface area contributed by atoms with Gasteiger partial charge in [0, 0.05) is 22.7 Å². The predicted molar refractivity (Wildman–Crippen MR) is 114 cm³/mol. The van der Waals surface area contributed by atoms with Gasteiger partial charge in [-0.3, -0.25) is 9.89 Å². The maximum absolute atomic E-state index is 13.3. The summed E-state index contributed by atoms with van der Waals surface area (Å²) in [5.74, 6) is -0.0431. The molecule has 29 heavy (non-hydrogen) atoms. The topological polar surface area (TPSA) is 49.0 Å². The lowest BCUT2D eigenvalue weighted by atomic mass is 9.96. The molecule has 142 valence electrons. The van der Waals surface area contributed by atoms with Gasteiger partial charge in [-0.05, 0) is 23.3 Å². The number of H-pyrrole nitrogens is 1. The second kappa shape index (κ2) is 7.22. The minimum atomic E-state index is -0.205. The van der Waals surface area contributed by atoms with Crippen molar-refractivity contribution in [1.82, 2.24) is 15.1 Å². The van der Waals surface area contributed by atoms with Gasteiger partial charge >= 0.3 is 0 Å². The quantitative estimate of drug-likeness (QED) is 0.494. The van der Waals surface area contributed by atoms with E-state index in [1.165, 1.54) is 0 Å². The van der Waals surface area contributed by atoms with Crippen molar-refractivity contribution in [3.8, 4) is 11.3 Å². The van der Waals surface area contributed by atoms with Crippen LogP contribution in [0.2, 0.25) is 5.02 Å². The molecule has 1 aliphatic rings. The zero-order valence-corrected chi connectivity index (χ0v) is 16.3. The van der Waals surface area contributed by atoms with E-state index in [1.807, 2.05) is 77.7 Å². The number of nitrogens with zero attached hydrogens (tertiary/aromatic N) is 2. The SMILES string of the molecule is O=C1c2[nH]nc(-c3ccccc3)c2C(c2ccccc2)N1Cc1ccc(Cl)cc1. The van der Waals surface area contributed by atoms with E-state index >= 15 is 0 Å². The number of amides is 1. The van der Waals surface area contributed by atoms with Crippen LogP contribution in [0, 0.1) is 0 Å². The van der Waals surface area contributed by atoms with E-state index in [1.54, 1.807) is 0 Å². The van der Waals surface area contributed by atoms with Crippen molar-refractivity contribution in [2.45, 2.75) is 12.6 Å². The van der Waals surface area contributed by atoms with Gasteiger partial charge in [0.2, 0.25) is 0 Å². The lowest BCUT2D eigenvalue weighted by Crippen LogP contribution is -2.29. The summed E-state index contributed by atoms with van der Waals surface area (Å²) in [6.45, 7) is 0.492. The van der Waals surface area contributed by atoms with Gasteiger partial charge in [0.15, 0.2) is 0 Å². The molecule has 0 spiro atoms. The lowest BCUT2D eigenvalue weighted by Gasteiger charge is -2.26. The van der Waals surface area contributed by atoms with Crippen molar-refractivity contribution in [1.29, 1.82) is 0 Å². The number of fused-ring (bicyclic) bond motifs is 1. The molecule has 0 saturated heterocycles. The number of aromatic amines is 1. The number of carbonyl (C=O) groups is 1. The molecule has 0 saturated carbocycles. The monoisotopic (exact) mass is 399 g/mol. The summed E-state index contributed by atoms with van der Waals surface area (Å²) in [4.78, 5) is 15.2. The summed E-state index contributed by atoms with van der Waals surface area (Å²) in [6, 6.07) is 27.5. The number of carbonyl (C=O) groups excluding carboxylic acids is 1. The normalized spacial score (nSPS) is 15.6. The van der Waals surface area contributed by atoms with E-state index < -0.39 is 0 Å². The van der Waals surface area contributed by atoms with Crippen LogP contribution in [0.5, 0.6) is 0 Å². The van der Waals surface area contributed by atoms with Crippen LogP contribution in [0.3, 0.4) is 0 Å². The van der Waals surface area contributed by atoms with Crippen LogP contribution >= 0.6 is 11.6 Å². The Morgan fingerprint density at radius 3 is 2.24 bits per heavy atom. The van der Waals surface area contributed by atoms with Crippen molar-refractivity contribution in [2.75, 3.05) is 0 Å². The van der Waals surface area contributed by atoms with E-state index in [2.05, 4.69) is 22.3 Å². The highest BCUT2D eigenvalue weighted by Gasteiger charge is 2.42. The first-order chi connectivity index (χ1) is 14.2. The number of halogens is 1. The van der Waals surface area contributed by atoms with Crippen molar-refractivity contribution in [2.24, 2.45) is 0 Å². The summed E-state index contributed by atoms with van der Waals surface area (Å²) < 4.78 is 0. The number of benzene rings is 3. The van der Waals surface area contributed by atoms with Crippen LogP contribution in [0.1, 0.15) is 33.2 Å². The number of rotatable bonds is 4. The van der Waals surface area contributed by atoms with Crippen LogP contribution in [0.25, 0.3) is 11.3 Å². The Labute approximate surface area is 173 Å². The van der Waals surface area contributed by atoms with Gasteiger partial charge in [-0.2, -0.15) is 5.10 Å². The first kappa shape index (κ1) is 17.7. The van der Waals surface area contributed by atoms with Crippen LogP contribution in [0.4, 0.5) is 0 Å². The van der Waals surface area contributed by atoms with Gasteiger partial charge in [0.05, 0.1) is 11.7 Å². The third kappa shape index (κ3) is 3.12. The molecule has 1 amide bonds. The molecule has 1 N–H and O–H groups in total. The van der Waals surface area contributed by atoms with Gasteiger partial charge in [-0.1, -0.05) is 84.4 Å². The van der Waals surface area contributed by atoms with Gasteiger partial charge < -0.3 is 4.90 Å². The highest BCUT2D eigenvalue weighted by Crippen LogP contribution is 2.43. The first-order valence-electron chi connectivity index (χ1n) is 9.46. The summed E-state index contributed by atoms with van der Waals surface area (Å²) in [5, 5.41) is 8.18. The first-order valence-corrected chi connectivity index (χ1v) is 9.84. The van der Waals surface area contributed by atoms with Gasteiger partial charge in [0.1, 0.15) is 5.69 Å². The molecule has 3 aromatic carbocycles. The molecule has 5 rings (SSSR count). The molecule has 1 aromatic heterocycles. The predicted octanol–water partition coefficient (Wildman–Crippen LogP) is 5.48. The smallest absolute Gasteiger partial charge is 0.273 e. The number of hydrogen-bond acceptors (Lipinski definition) is 2. The molecule has 0 fully saturated rings. The van der Waals surface area contributed by atoms with Gasteiger partial charge in [-0.25, -0.2) is 0 Å². The van der Waals surface area contributed by atoms with Crippen molar-refractivity contribution >= 4 is 17.5 Å². The third-order valence-electron chi connectivity index (χ3n) is 5.29. The second-order valence-corrected chi connectivity index (χ2v) is 7.54. The summed E-state index contributed by atoms with van der Waals surface area (Å²) in [7, 11) is 0. The molecule has 2 heterocycles. The van der Waals surface area contributed by atoms with Crippen molar-refractivity contribution in [3.63, 3.8) is 0 Å². The molecule has 0 bridgehead atoms. The fourth-order valence-electron chi connectivity index (χ4n) is 3.94. The van der Waals surface area contributed by atoms with Crippen LogP contribution < -0.4 is 0 Å². The number of hydrogen-bond donors (Lipinski definition) is 1. The summed E-state index contributed by atoms with van der Waals surface area (Å²) in [5.41, 5.74) is 5.40. The molecule has 1 unspecified atom stereocenters. The molecule has 4 nitrogen and oxygen atoms in total. The standard InChI is InChI=1S/C24H18ClN3O/c25-19-13-11-16(12-14-19)15-28-23(18-9-5-2-6-10-18)20-21(17-7-3-1-4-8-17)26-27-22(20)24(28)29/h1-14,23H,15H2,(H,26,27). The maximum Gasteiger partial charge on any atom is 0.273 e. The van der Waals surface area contributed by atoms with E-state index in [-0.39, 0.29) is 11.9 Å². The largest absolute Gasteiger partial charge is 0.322 e. The Kier molecular flexibility index (Phi) is 4.41. The van der Waals surface area contributed by atoms with E-state index in [4.69, 9.17) is 11.6 Å². The second-order valence-electron chi connectivity index (χ2n) is 7.10. The molecule has 0 aliphatic carbocycles. The number of aromatic nitrogens is 2. The zero-order chi connectivity index (χ0) is 19.8.